The van der Waals surface area contributed by atoms with Crippen molar-refractivity contribution in [2.75, 3.05) is 5.32 Å². The molecular formula is C20H12ClN3O4. The predicted molar refractivity (Wildman–Crippen MR) is 106 cm³/mol. The first-order valence-electron chi connectivity index (χ1n) is 8.22. The SMILES string of the molecule is O=C(Nc1ccc([N+](=O)[O-])cc1Cl)c1cc(-c2ccco2)nc2ccccc12. The zero-order chi connectivity index (χ0) is 19.7. The van der Waals surface area contributed by atoms with Gasteiger partial charge in [0.15, 0.2) is 5.76 Å². The number of non-ortho nitro benzene ring substituents is 1. The second-order valence-corrected chi connectivity index (χ2v) is 6.33. The topological polar surface area (TPSA) is 98.3 Å². The van der Waals surface area contributed by atoms with E-state index in [0.717, 1.165) is 0 Å². The summed E-state index contributed by atoms with van der Waals surface area (Å²) in [6.45, 7) is 0. The number of para-hydroxylation sites is 1. The Labute approximate surface area is 163 Å². The molecule has 0 aliphatic rings. The quantitative estimate of drug-likeness (QED) is 0.374. The normalized spacial score (nSPS) is 10.8. The van der Waals surface area contributed by atoms with E-state index in [1.165, 1.54) is 24.5 Å². The van der Waals surface area contributed by atoms with Crippen LogP contribution in [0.4, 0.5) is 11.4 Å². The number of nitrogens with one attached hydrogen (secondary N) is 1. The van der Waals surface area contributed by atoms with Gasteiger partial charge in [-0.05, 0) is 30.3 Å². The monoisotopic (exact) mass is 393 g/mol. The number of carbonyl (C=O) groups is 1. The number of hydrogen-bond donors (Lipinski definition) is 1. The average Bonchev–Trinajstić information content (AvgIpc) is 3.23. The average molecular weight is 394 g/mol. The Kier molecular flexibility index (Phi) is 4.50. The molecule has 0 atom stereocenters. The van der Waals surface area contributed by atoms with Gasteiger partial charge in [0.05, 0.1) is 33.0 Å². The summed E-state index contributed by atoms with van der Waals surface area (Å²) in [5.74, 6) is 0.121. The van der Waals surface area contributed by atoms with Crippen molar-refractivity contribution in [3.63, 3.8) is 0 Å². The molecule has 2 heterocycles. The molecule has 2 aromatic carbocycles. The molecule has 8 heteroatoms. The van der Waals surface area contributed by atoms with Crippen LogP contribution in [0.3, 0.4) is 0 Å². The summed E-state index contributed by atoms with van der Waals surface area (Å²) in [4.78, 5) is 27.8. The summed E-state index contributed by atoms with van der Waals surface area (Å²) in [6.07, 6.45) is 1.53. The van der Waals surface area contributed by atoms with Gasteiger partial charge in [-0.2, -0.15) is 0 Å². The lowest BCUT2D eigenvalue weighted by Gasteiger charge is -2.10. The van der Waals surface area contributed by atoms with Crippen LogP contribution in [0.5, 0.6) is 0 Å². The maximum absolute atomic E-state index is 13.0. The Bertz CT molecular complexity index is 1210. The maximum Gasteiger partial charge on any atom is 0.271 e. The van der Waals surface area contributed by atoms with Crippen molar-refractivity contribution >= 4 is 39.8 Å². The Balaban J connectivity index is 1.76. The second kappa shape index (κ2) is 7.13. The van der Waals surface area contributed by atoms with Crippen LogP contribution in [0.1, 0.15) is 10.4 Å². The number of fused-ring (bicyclic) bond motifs is 1. The zero-order valence-corrected chi connectivity index (χ0v) is 15.0. The van der Waals surface area contributed by atoms with Gasteiger partial charge in [0.25, 0.3) is 11.6 Å². The number of nitro groups is 1. The predicted octanol–water partition coefficient (Wildman–Crippen LogP) is 5.31. The van der Waals surface area contributed by atoms with Gasteiger partial charge in [-0.1, -0.05) is 29.8 Å². The summed E-state index contributed by atoms with van der Waals surface area (Å²) in [5.41, 5.74) is 1.65. The number of anilines is 1. The zero-order valence-electron chi connectivity index (χ0n) is 14.3. The summed E-state index contributed by atoms with van der Waals surface area (Å²) in [6, 6.07) is 16.2. The van der Waals surface area contributed by atoms with Crippen LogP contribution in [0.2, 0.25) is 5.02 Å². The smallest absolute Gasteiger partial charge is 0.271 e. The van der Waals surface area contributed by atoms with Crippen LogP contribution in [-0.4, -0.2) is 15.8 Å². The molecule has 0 unspecified atom stereocenters. The number of benzene rings is 2. The van der Waals surface area contributed by atoms with E-state index >= 15 is 0 Å². The lowest BCUT2D eigenvalue weighted by molar-refractivity contribution is -0.384. The van der Waals surface area contributed by atoms with Gasteiger partial charge in [-0.15, -0.1) is 0 Å². The van der Waals surface area contributed by atoms with E-state index in [9.17, 15) is 14.9 Å². The van der Waals surface area contributed by atoms with Gasteiger partial charge in [0.2, 0.25) is 0 Å². The maximum atomic E-state index is 13.0. The fourth-order valence-corrected chi connectivity index (χ4v) is 3.04. The van der Waals surface area contributed by atoms with Crippen molar-refractivity contribution in [3.8, 4) is 11.5 Å². The first-order valence-corrected chi connectivity index (χ1v) is 8.59. The van der Waals surface area contributed by atoms with Crippen molar-refractivity contribution < 1.29 is 14.1 Å². The third-order valence-electron chi connectivity index (χ3n) is 4.15. The Morgan fingerprint density at radius 2 is 1.93 bits per heavy atom. The van der Waals surface area contributed by atoms with Crippen LogP contribution < -0.4 is 5.32 Å². The molecule has 0 saturated heterocycles. The number of pyridine rings is 1. The molecule has 4 rings (SSSR count). The minimum atomic E-state index is -0.552. The highest BCUT2D eigenvalue weighted by molar-refractivity contribution is 6.34. The fourth-order valence-electron chi connectivity index (χ4n) is 2.82. The third kappa shape index (κ3) is 3.30. The number of halogens is 1. The van der Waals surface area contributed by atoms with Crippen LogP contribution in [0.25, 0.3) is 22.4 Å². The number of amides is 1. The summed E-state index contributed by atoms with van der Waals surface area (Å²) < 4.78 is 5.40. The van der Waals surface area contributed by atoms with Crippen LogP contribution in [-0.2, 0) is 0 Å². The van der Waals surface area contributed by atoms with Crippen molar-refractivity contribution in [2.45, 2.75) is 0 Å². The van der Waals surface area contributed by atoms with Crippen molar-refractivity contribution in [3.05, 3.63) is 87.6 Å². The summed E-state index contributed by atoms with van der Waals surface area (Å²) >= 11 is 6.09. The van der Waals surface area contributed by atoms with E-state index in [1.807, 2.05) is 12.1 Å². The Morgan fingerprint density at radius 1 is 1.11 bits per heavy atom. The molecule has 0 bridgehead atoms. The van der Waals surface area contributed by atoms with Crippen LogP contribution >= 0.6 is 11.6 Å². The number of aromatic nitrogens is 1. The van der Waals surface area contributed by atoms with Gasteiger partial charge in [0.1, 0.15) is 5.69 Å². The van der Waals surface area contributed by atoms with E-state index in [2.05, 4.69) is 10.3 Å². The molecule has 0 radical (unpaired) electrons. The largest absolute Gasteiger partial charge is 0.463 e. The fraction of sp³-hybridized carbons (Fsp3) is 0. The lowest BCUT2D eigenvalue weighted by atomic mass is 10.1. The standard InChI is InChI=1S/C20H12ClN3O4/c21-15-10-12(24(26)27)7-8-17(15)23-20(25)14-11-18(19-6-3-9-28-19)22-16-5-2-1-4-13(14)16/h1-11H,(H,23,25). The van der Waals surface area contributed by atoms with Gasteiger partial charge in [-0.25, -0.2) is 4.98 Å². The molecule has 0 aliphatic carbocycles. The third-order valence-corrected chi connectivity index (χ3v) is 4.46. The number of carbonyl (C=O) groups excluding carboxylic acids is 1. The van der Waals surface area contributed by atoms with E-state index in [-0.39, 0.29) is 16.4 Å². The van der Waals surface area contributed by atoms with Gasteiger partial charge < -0.3 is 9.73 Å². The molecule has 2 aromatic heterocycles. The summed E-state index contributed by atoms with van der Waals surface area (Å²) in [7, 11) is 0. The van der Waals surface area contributed by atoms with E-state index in [4.69, 9.17) is 16.0 Å². The first kappa shape index (κ1) is 17.7. The van der Waals surface area contributed by atoms with E-state index < -0.39 is 10.8 Å². The summed E-state index contributed by atoms with van der Waals surface area (Å²) in [5, 5.41) is 14.3. The number of furan rings is 1. The van der Waals surface area contributed by atoms with Crippen LogP contribution in [0.15, 0.2) is 71.3 Å². The molecule has 7 nitrogen and oxygen atoms in total. The number of hydrogen-bond acceptors (Lipinski definition) is 5. The molecule has 1 N–H and O–H groups in total. The molecule has 138 valence electrons. The number of nitrogens with zero attached hydrogens (tertiary/aromatic N) is 2. The van der Waals surface area contributed by atoms with Gasteiger partial charge in [-0.3, -0.25) is 14.9 Å². The van der Waals surface area contributed by atoms with Crippen molar-refractivity contribution in [1.82, 2.24) is 4.98 Å². The molecule has 0 spiro atoms. The molecule has 0 fully saturated rings. The highest BCUT2D eigenvalue weighted by Crippen LogP contribution is 2.29. The lowest BCUT2D eigenvalue weighted by Crippen LogP contribution is -2.13. The van der Waals surface area contributed by atoms with Crippen LogP contribution in [0, 0.1) is 10.1 Å². The number of rotatable bonds is 4. The highest BCUT2D eigenvalue weighted by Gasteiger charge is 2.17. The minimum Gasteiger partial charge on any atom is -0.463 e. The van der Waals surface area contributed by atoms with E-state index in [0.29, 0.717) is 27.9 Å². The Hall–Kier alpha value is -3.71. The minimum absolute atomic E-state index is 0.0761. The molecule has 1 amide bonds. The Morgan fingerprint density at radius 3 is 2.64 bits per heavy atom. The molecule has 0 aliphatic heterocycles. The molecule has 0 saturated carbocycles. The highest BCUT2D eigenvalue weighted by atomic mass is 35.5. The second-order valence-electron chi connectivity index (χ2n) is 5.92. The molecule has 4 aromatic rings. The molecule has 28 heavy (non-hydrogen) atoms. The number of nitro benzene ring substituents is 1. The van der Waals surface area contributed by atoms with Gasteiger partial charge >= 0.3 is 0 Å². The first-order chi connectivity index (χ1) is 13.5. The van der Waals surface area contributed by atoms with E-state index in [1.54, 1.807) is 30.3 Å². The van der Waals surface area contributed by atoms with Crippen molar-refractivity contribution in [1.29, 1.82) is 0 Å². The molecular weight excluding hydrogens is 382 g/mol. The van der Waals surface area contributed by atoms with Gasteiger partial charge in [0, 0.05) is 17.5 Å². The van der Waals surface area contributed by atoms with Crippen molar-refractivity contribution in [2.24, 2.45) is 0 Å².